The van der Waals surface area contributed by atoms with Gasteiger partial charge in [-0.1, -0.05) is 29.8 Å². The summed E-state index contributed by atoms with van der Waals surface area (Å²) < 4.78 is 1.76. The number of amides is 2. The molecule has 0 saturated heterocycles. The van der Waals surface area contributed by atoms with Crippen molar-refractivity contribution in [2.45, 2.75) is 19.4 Å². The topological polar surface area (TPSA) is 76.0 Å². The van der Waals surface area contributed by atoms with Crippen LogP contribution in [-0.4, -0.2) is 21.4 Å². The number of para-hydroxylation sites is 2. The minimum absolute atomic E-state index is 0.0443. The van der Waals surface area contributed by atoms with Crippen LogP contribution in [-0.2, 0) is 9.59 Å². The van der Waals surface area contributed by atoms with E-state index in [1.807, 2.05) is 37.3 Å². The van der Waals surface area contributed by atoms with Gasteiger partial charge in [0.15, 0.2) is 0 Å². The maximum absolute atomic E-state index is 12.9. The van der Waals surface area contributed by atoms with Gasteiger partial charge in [0, 0.05) is 0 Å². The fourth-order valence-electron chi connectivity index (χ4n) is 3.04. The molecule has 0 aliphatic carbocycles. The Morgan fingerprint density at radius 1 is 1.32 bits per heavy atom. The SMILES string of the molecule is Cc1ccc(NC(=O)C2CC(=O)Nc3nc4ccccc4n32)c(Cl)c1. The molecule has 2 amide bonds. The molecule has 2 aromatic carbocycles. The highest BCUT2D eigenvalue weighted by Gasteiger charge is 2.33. The third kappa shape index (κ3) is 2.74. The molecule has 0 saturated carbocycles. The second-order valence-electron chi connectivity index (χ2n) is 6.03. The number of nitrogens with one attached hydrogen (secondary N) is 2. The largest absolute Gasteiger partial charge is 0.323 e. The molecule has 2 heterocycles. The van der Waals surface area contributed by atoms with Gasteiger partial charge in [0.2, 0.25) is 17.8 Å². The molecule has 126 valence electrons. The number of hydrogen-bond acceptors (Lipinski definition) is 3. The van der Waals surface area contributed by atoms with Crippen molar-refractivity contribution in [3.05, 3.63) is 53.1 Å². The zero-order valence-electron chi connectivity index (χ0n) is 13.4. The number of hydrogen-bond donors (Lipinski definition) is 2. The van der Waals surface area contributed by atoms with Gasteiger partial charge in [-0.15, -0.1) is 0 Å². The third-order valence-corrected chi connectivity index (χ3v) is 4.54. The number of carbonyl (C=O) groups is 2. The van der Waals surface area contributed by atoms with Crippen molar-refractivity contribution in [1.29, 1.82) is 0 Å². The van der Waals surface area contributed by atoms with Crippen LogP contribution >= 0.6 is 11.6 Å². The summed E-state index contributed by atoms with van der Waals surface area (Å²) >= 11 is 6.20. The van der Waals surface area contributed by atoms with Gasteiger partial charge < -0.3 is 5.32 Å². The average molecular weight is 355 g/mol. The Kier molecular flexibility index (Phi) is 3.69. The normalized spacial score (nSPS) is 16.4. The van der Waals surface area contributed by atoms with Crippen LogP contribution in [0.15, 0.2) is 42.5 Å². The van der Waals surface area contributed by atoms with Crippen molar-refractivity contribution >= 4 is 46.1 Å². The quantitative estimate of drug-likeness (QED) is 0.739. The first-order valence-corrected chi connectivity index (χ1v) is 8.24. The van der Waals surface area contributed by atoms with Crippen molar-refractivity contribution in [1.82, 2.24) is 9.55 Å². The van der Waals surface area contributed by atoms with Crippen LogP contribution in [0, 0.1) is 6.92 Å². The Hall–Kier alpha value is -2.86. The summed E-state index contributed by atoms with van der Waals surface area (Å²) in [5, 5.41) is 6.01. The van der Waals surface area contributed by atoms with Crippen molar-refractivity contribution in [3.63, 3.8) is 0 Å². The van der Waals surface area contributed by atoms with E-state index in [-0.39, 0.29) is 18.2 Å². The molecule has 3 aromatic rings. The van der Waals surface area contributed by atoms with E-state index < -0.39 is 6.04 Å². The van der Waals surface area contributed by atoms with Crippen LogP contribution in [0.1, 0.15) is 18.0 Å². The molecule has 0 radical (unpaired) electrons. The predicted molar refractivity (Wildman–Crippen MR) is 96.8 cm³/mol. The second-order valence-corrected chi connectivity index (χ2v) is 6.44. The lowest BCUT2D eigenvalue weighted by molar-refractivity contribution is -0.124. The highest BCUT2D eigenvalue weighted by Crippen LogP contribution is 2.32. The summed E-state index contributed by atoms with van der Waals surface area (Å²) in [6.45, 7) is 1.92. The van der Waals surface area contributed by atoms with Gasteiger partial charge in [-0.2, -0.15) is 0 Å². The van der Waals surface area contributed by atoms with Gasteiger partial charge >= 0.3 is 0 Å². The highest BCUT2D eigenvalue weighted by atomic mass is 35.5. The molecule has 0 spiro atoms. The van der Waals surface area contributed by atoms with E-state index in [4.69, 9.17) is 11.6 Å². The summed E-state index contributed by atoms with van der Waals surface area (Å²) in [6.07, 6.45) is 0.0443. The van der Waals surface area contributed by atoms with Gasteiger partial charge in [-0.25, -0.2) is 4.98 Å². The number of benzene rings is 2. The van der Waals surface area contributed by atoms with Gasteiger partial charge in [0.05, 0.1) is 28.2 Å². The number of fused-ring (bicyclic) bond motifs is 3. The van der Waals surface area contributed by atoms with Gasteiger partial charge in [-0.05, 0) is 36.8 Å². The van der Waals surface area contributed by atoms with E-state index in [0.717, 1.165) is 16.6 Å². The summed E-state index contributed by atoms with van der Waals surface area (Å²) in [6, 6.07) is 12.2. The van der Waals surface area contributed by atoms with Crippen molar-refractivity contribution in [2.75, 3.05) is 10.6 Å². The Morgan fingerprint density at radius 3 is 2.92 bits per heavy atom. The molecule has 6 nitrogen and oxygen atoms in total. The molecule has 4 rings (SSSR count). The molecule has 1 aliphatic heterocycles. The molecule has 0 bridgehead atoms. The monoisotopic (exact) mass is 354 g/mol. The Morgan fingerprint density at radius 2 is 2.12 bits per heavy atom. The zero-order chi connectivity index (χ0) is 17.6. The fourth-order valence-corrected chi connectivity index (χ4v) is 3.32. The van der Waals surface area contributed by atoms with Crippen LogP contribution in [0.2, 0.25) is 5.02 Å². The summed E-state index contributed by atoms with van der Waals surface area (Å²) in [5.41, 5.74) is 3.05. The number of anilines is 2. The second kappa shape index (κ2) is 5.89. The minimum atomic E-state index is -0.687. The van der Waals surface area contributed by atoms with E-state index in [9.17, 15) is 9.59 Å². The van der Waals surface area contributed by atoms with Crippen LogP contribution < -0.4 is 10.6 Å². The molecule has 2 N–H and O–H groups in total. The Balaban J connectivity index is 1.73. The molecule has 1 atom stereocenters. The highest BCUT2D eigenvalue weighted by molar-refractivity contribution is 6.33. The number of carbonyl (C=O) groups excluding carboxylic acids is 2. The number of halogens is 1. The number of aromatic nitrogens is 2. The molecule has 1 unspecified atom stereocenters. The zero-order valence-corrected chi connectivity index (χ0v) is 14.2. The lowest BCUT2D eigenvalue weighted by Gasteiger charge is -2.25. The molecule has 1 aromatic heterocycles. The first-order valence-electron chi connectivity index (χ1n) is 7.87. The molecule has 7 heteroatoms. The van der Waals surface area contributed by atoms with Gasteiger partial charge in [-0.3, -0.25) is 19.5 Å². The molecule has 25 heavy (non-hydrogen) atoms. The number of rotatable bonds is 2. The number of nitrogens with zero attached hydrogens (tertiary/aromatic N) is 2. The van der Waals surface area contributed by atoms with Crippen molar-refractivity contribution < 1.29 is 9.59 Å². The predicted octanol–water partition coefficient (Wildman–Crippen LogP) is 3.52. The van der Waals surface area contributed by atoms with Gasteiger partial charge in [0.25, 0.3) is 0 Å². The lowest BCUT2D eigenvalue weighted by atomic mass is 10.1. The third-order valence-electron chi connectivity index (χ3n) is 4.22. The average Bonchev–Trinajstić information content (AvgIpc) is 2.94. The summed E-state index contributed by atoms with van der Waals surface area (Å²) in [4.78, 5) is 29.3. The number of aryl methyl sites for hydroxylation is 1. The maximum Gasteiger partial charge on any atom is 0.248 e. The standard InChI is InChI=1S/C18H15ClN4O2/c1-10-6-7-12(11(19)8-10)20-17(25)15-9-16(24)22-18-21-13-4-2-3-5-14(13)23(15)18/h2-8,15H,9H2,1H3,(H,20,25)(H,21,22,24). The summed E-state index contributed by atoms with van der Waals surface area (Å²) in [7, 11) is 0. The fraction of sp³-hybridized carbons (Fsp3) is 0.167. The maximum atomic E-state index is 12.9. The van der Waals surface area contributed by atoms with Gasteiger partial charge in [0.1, 0.15) is 6.04 Å². The molecular formula is C18H15ClN4O2. The molecule has 0 fully saturated rings. The van der Waals surface area contributed by atoms with E-state index in [1.165, 1.54) is 0 Å². The van der Waals surface area contributed by atoms with E-state index in [0.29, 0.717) is 16.7 Å². The molecular weight excluding hydrogens is 340 g/mol. The Labute approximate surface area is 148 Å². The Bertz CT molecular complexity index is 1010. The summed E-state index contributed by atoms with van der Waals surface area (Å²) in [5.74, 6) is -0.157. The smallest absolute Gasteiger partial charge is 0.248 e. The number of imidazole rings is 1. The lowest BCUT2D eigenvalue weighted by Crippen LogP contribution is -2.35. The minimum Gasteiger partial charge on any atom is -0.323 e. The van der Waals surface area contributed by atoms with E-state index in [2.05, 4.69) is 15.6 Å². The molecule has 1 aliphatic rings. The first-order chi connectivity index (χ1) is 12.0. The van der Waals surface area contributed by atoms with Crippen LogP contribution in [0.5, 0.6) is 0 Å². The van der Waals surface area contributed by atoms with E-state index in [1.54, 1.807) is 16.7 Å². The van der Waals surface area contributed by atoms with Crippen LogP contribution in [0.3, 0.4) is 0 Å². The van der Waals surface area contributed by atoms with Crippen molar-refractivity contribution in [2.24, 2.45) is 0 Å². The first kappa shape index (κ1) is 15.7. The van der Waals surface area contributed by atoms with Crippen LogP contribution in [0.25, 0.3) is 11.0 Å². The van der Waals surface area contributed by atoms with E-state index >= 15 is 0 Å². The van der Waals surface area contributed by atoms with Crippen LogP contribution in [0.4, 0.5) is 11.6 Å². The van der Waals surface area contributed by atoms with Crippen molar-refractivity contribution in [3.8, 4) is 0 Å².